The van der Waals surface area contributed by atoms with E-state index in [1.54, 1.807) is 0 Å². The molecule has 0 N–H and O–H groups in total. The molecule has 0 saturated carbocycles. The van der Waals surface area contributed by atoms with Crippen LogP contribution in [-0.2, 0) is 0 Å². The maximum atomic E-state index is 3.91. The van der Waals surface area contributed by atoms with Crippen molar-refractivity contribution in [3.63, 3.8) is 0 Å². The van der Waals surface area contributed by atoms with Crippen molar-refractivity contribution in [1.29, 1.82) is 0 Å². The third kappa shape index (κ3) is 1.53. The lowest BCUT2D eigenvalue weighted by molar-refractivity contribution is 1.23. The van der Waals surface area contributed by atoms with E-state index in [-0.39, 0.29) is 0 Å². The molecule has 0 atom stereocenters. The molecular formula is C14H11IN2. The Morgan fingerprint density at radius 1 is 0.824 bits per heavy atom. The van der Waals surface area contributed by atoms with Crippen LogP contribution in [0.1, 0.15) is 0 Å². The van der Waals surface area contributed by atoms with Crippen LogP contribution in [0.2, 0.25) is 0 Å². The zero-order valence-electron chi connectivity index (χ0n) is 9.18. The number of benzene rings is 2. The van der Waals surface area contributed by atoms with Gasteiger partial charge in [-0.25, -0.2) is 0 Å². The summed E-state index contributed by atoms with van der Waals surface area (Å²) in [4.78, 5) is 2.12. The van der Waals surface area contributed by atoms with E-state index in [4.69, 9.17) is 0 Å². The monoisotopic (exact) mass is 334 g/mol. The van der Waals surface area contributed by atoms with Crippen LogP contribution in [-0.4, -0.2) is 0 Å². The molecule has 0 bridgehead atoms. The Morgan fingerprint density at radius 2 is 1.24 bits per heavy atom. The fraction of sp³-hybridized carbons (Fsp3) is 0. The van der Waals surface area contributed by atoms with E-state index < -0.39 is 0 Å². The Hall–Kier alpha value is -1.49. The lowest BCUT2D eigenvalue weighted by atomic mass is 10.1. The average molecular weight is 334 g/mol. The molecule has 1 aliphatic heterocycles. The van der Waals surface area contributed by atoms with Crippen LogP contribution >= 0.6 is 22.9 Å². The van der Waals surface area contributed by atoms with E-state index in [0.717, 1.165) is 11.4 Å². The van der Waals surface area contributed by atoms with Gasteiger partial charge in [-0.1, -0.05) is 30.8 Å². The van der Waals surface area contributed by atoms with Crippen LogP contribution in [0, 0.1) is 0 Å². The van der Waals surface area contributed by atoms with Crippen molar-refractivity contribution in [2.45, 2.75) is 0 Å². The molecule has 0 unspecified atom stereocenters. The van der Waals surface area contributed by atoms with E-state index in [2.05, 4.69) is 73.9 Å². The second-order valence-electron chi connectivity index (χ2n) is 3.81. The number of hydrogen-bond donors (Lipinski definition) is 0. The Bertz CT molecular complexity index is 532. The fourth-order valence-electron chi connectivity index (χ4n) is 2.12. The summed E-state index contributed by atoms with van der Waals surface area (Å²) < 4.78 is 2.18. The van der Waals surface area contributed by atoms with Crippen molar-refractivity contribution in [2.24, 2.45) is 0 Å². The largest absolute Gasteiger partial charge is 0.314 e. The summed E-state index contributed by atoms with van der Waals surface area (Å²) in [6.07, 6.45) is 1.86. The van der Waals surface area contributed by atoms with Gasteiger partial charge in [-0.3, -0.25) is 3.11 Å². The van der Waals surface area contributed by atoms with E-state index in [1.807, 2.05) is 18.3 Å². The summed E-state index contributed by atoms with van der Waals surface area (Å²) in [5.41, 5.74) is 4.70. The summed E-state index contributed by atoms with van der Waals surface area (Å²) in [5, 5.41) is 0. The SMILES string of the molecule is C=CN1c2ccccc2N(I)c2ccccc21. The van der Waals surface area contributed by atoms with Gasteiger partial charge in [0.2, 0.25) is 0 Å². The predicted molar refractivity (Wildman–Crippen MR) is 81.4 cm³/mol. The van der Waals surface area contributed by atoms with E-state index in [0.29, 0.717) is 0 Å². The van der Waals surface area contributed by atoms with Gasteiger partial charge in [0.15, 0.2) is 0 Å². The highest BCUT2D eigenvalue weighted by molar-refractivity contribution is 14.1. The van der Waals surface area contributed by atoms with Gasteiger partial charge in [-0.05, 0) is 24.3 Å². The molecule has 0 amide bonds. The molecule has 84 valence electrons. The molecule has 2 aromatic rings. The molecule has 1 heterocycles. The number of anilines is 4. The smallest absolute Gasteiger partial charge is 0.0752 e. The van der Waals surface area contributed by atoms with Crippen LogP contribution in [0.4, 0.5) is 22.7 Å². The average Bonchev–Trinajstić information content (AvgIpc) is 2.40. The summed E-state index contributed by atoms with van der Waals surface area (Å²) in [6, 6.07) is 16.7. The summed E-state index contributed by atoms with van der Waals surface area (Å²) in [7, 11) is 0. The first-order valence-corrected chi connectivity index (χ1v) is 6.35. The van der Waals surface area contributed by atoms with Crippen LogP contribution in [0.25, 0.3) is 0 Å². The minimum atomic E-state index is 1.16. The van der Waals surface area contributed by atoms with Gasteiger partial charge in [0.1, 0.15) is 0 Å². The lowest BCUT2D eigenvalue weighted by Gasteiger charge is -2.35. The number of rotatable bonds is 1. The highest BCUT2D eigenvalue weighted by atomic mass is 127. The van der Waals surface area contributed by atoms with Crippen molar-refractivity contribution in [3.05, 3.63) is 61.3 Å². The molecule has 3 heteroatoms. The highest BCUT2D eigenvalue weighted by Crippen LogP contribution is 2.49. The zero-order chi connectivity index (χ0) is 11.8. The fourth-order valence-corrected chi connectivity index (χ4v) is 2.94. The molecule has 0 saturated heterocycles. The molecule has 3 rings (SSSR count). The quantitative estimate of drug-likeness (QED) is 0.548. The third-order valence-corrected chi connectivity index (χ3v) is 3.93. The van der Waals surface area contributed by atoms with Gasteiger partial charge in [0.25, 0.3) is 0 Å². The molecule has 2 aromatic carbocycles. The van der Waals surface area contributed by atoms with E-state index in [1.165, 1.54) is 11.4 Å². The molecule has 17 heavy (non-hydrogen) atoms. The topological polar surface area (TPSA) is 6.48 Å². The number of nitrogens with zero attached hydrogens (tertiary/aromatic N) is 2. The predicted octanol–water partition coefficient (Wildman–Crippen LogP) is 4.77. The number of para-hydroxylation sites is 4. The molecule has 0 aliphatic carbocycles. The van der Waals surface area contributed by atoms with E-state index in [9.17, 15) is 0 Å². The van der Waals surface area contributed by atoms with Crippen LogP contribution in [0.3, 0.4) is 0 Å². The van der Waals surface area contributed by atoms with Gasteiger partial charge in [0.05, 0.1) is 45.6 Å². The summed E-state index contributed by atoms with van der Waals surface area (Å²) in [5.74, 6) is 0. The van der Waals surface area contributed by atoms with Gasteiger partial charge >= 0.3 is 0 Å². The maximum Gasteiger partial charge on any atom is 0.0752 e. The first-order valence-electron chi connectivity index (χ1n) is 5.38. The molecule has 0 radical (unpaired) electrons. The molecule has 0 spiro atoms. The lowest BCUT2D eigenvalue weighted by Crippen LogP contribution is -2.19. The molecule has 0 aromatic heterocycles. The Kier molecular flexibility index (Phi) is 2.55. The van der Waals surface area contributed by atoms with Gasteiger partial charge < -0.3 is 4.90 Å². The minimum Gasteiger partial charge on any atom is -0.314 e. The molecule has 0 fully saturated rings. The van der Waals surface area contributed by atoms with Crippen molar-refractivity contribution in [1.82, 2.24) is 0 Å². The maximum absolute atomic E-state index is 3.91. The van der Waals surface area contributed by atoms with Crippen LogP contribution in [0.15, 0.2) is 61.3 Å². The Labute approximate surface area is 115 Å². The summed E-state index contributed by atoms with van der Waals surface area (Å²) >= 11 is 2.34. The third-order valence-electron chi connectivity index (χ3n) is 2.89. The molecule has 1 aliphatic rings. The number of fused-ring (bicyclic) bond motifs is 2. The number of hydrogen-bond acceptors (Lipinski definition) is 2. The van der Waals surface area contributed by atoms with Crippen molar-refractivity contribution < 1.29 is 0 Å². The Morgan fingerprint density at radius 3 is 1.65 bits per heavy atom. The van der Waals surface area contributed by atoms with E-state index >= 15 is 0 Å². The minimum absolute atomic E-state index is 1.16. The van der Waals surface area contributed by atoms with Gasteiger partial charge in [-0.15, -0.1) is 0 Å². The summed E-state index contributed by atoms with van der Waals surface area (Å²) in [6.45, 7) is 3.91. The zero-order valence-corrected chi connectivity index (χ0v) is 11.3. The first kappa shape index (κ1) is 10.7. The van der Waals surface area contributed by atoms with Crippen molar-refractivity contribution in [2.75, 3.05) is 8.01 Å². The normalized spacial score (nSPS) is 13.0. The standard InChI is InChI=1S/C14H11IN2/c1-2-16-11-7-3-5-9-13(11)17(15)14-10-6-4-8-12(14)16/h2-10H,1H2. The molecule has 2 nitrogen and oxygen atoms in total. The van der Waals surface area contributed by atoms with Gasteiger partial charge in [0, 0.05) is 6.20 Å². The van der Waals surface area contributed by atoms with Crippen LogP contribution < -0.4 is 8.01 Å². The van der Waals surface area contributed by atoms with Crippen molar-refractivity contribution >= 4 is 45.6 Å². The second kappa shape index (κ2) is 4.07. The highest BCUT2D eigenvalue weighted by Gasteiger charge is 2.24. The Balaban J connectivity index is 2.29. The van der Waals surface area contributed by atoms with Gasteiger partial charge in [-0.2, -0.15) is 0 Å². The second-order valence-corrected chi connectivity index (χ2v) is 4.78. The number of halogens is 1. The van der Waals surface area contributed by atoms with Crippen molar-refractivity contribution in [3.8, 4) is 0 Å². The molecular weight excluding hydrogens is 323 g/mol. The van der Waals surface area contributed by atoms with Crippen LogP contribution in [0.5, 0.6) is 0 Å². The first-order chi connectivity index (χ1) is 8.33.